The van der Waals surface area contributed by atoms with E-state index in [0.717, 1.165) is 11.8 Å². The normalized spacial score (nSPS) is 13.1. The number of ether oxygens (including phenoxy) is 1. The van der Waals surface area contributed by atoms with Crippen LogP contribution in [0.3, 0.4) is 0 Å². The molecule has 0 saturated heterocycles. The van der Waals surface area contributed by atoms with E-state index in [0.29, 0.717) is 5.39 Å². The highest BCUT2D eigenvalue weighted by Crippen LogP contribution is 2.33. The molecule has 0 aliphatic carbocycles. The molecule has 2 rings (SSSR count). The van der Waals surface area contributed by atoms with Crippen LogP contribution in [0.1, 0.15) is 19.7 Å². The van der Waals surface area contributed by atoms with E-state index in [9.17, 15) is 18.0 Å². The minimum atomic E-state index is -4.65. The number of carbonyl (C=O) groups is 1. The van der Waals surface area contributed by atoms with Gasteiger partial charge in [-0.25, -0.2) is 9.97 Å². The van der Waals surface area contributed by atoms with E-state index < -0.39 is 23.2 Å². The van der Waals surface area contributed by atoms with Crippen LogP contribution in [-0.2, 0) is 15.7 Å². The molecule has 0 saturated carbocycles. The molecular formula is C14H13F3N2O2S. The lowest BCUT2D eigenvalue weighted by atomic mass is 10.2. The van der Waals surface area contributed by atoms with Crippen LogP contribution < -0.4 is 0 Å². The topological polar surface area (TPSA) is 52.1 Å². The number of hydrogen-bond donors (Lipinski definition) is 0. The summed E-state index contributed by atoms with van der Waals surface area (Å²) in [6.07, 6.45) is -4.65. The molecule has 0 fully saturated rings. The molecule has 1 aromatic carbocycles. The average Bonchev–Trinajstić information content (AvgIpc) is 2.46. The number of thioether (sulfide) groups is 1. The van der Waals surface area contributed by atoms with E-state index in [4.69, 9.17) is 4.74 Å². The van der Waals surface area contributed by atoms with Crippen LogP contribution >= 0.6 is 11.8 Å². The van der Waals surface area contributed by atoms with Crippen molar-refractivity contribution in [3.05, 3.63) is 30.1 Å². The summed E-state index contributed by atoms with van der Waals surface area (Å²) in [5.74, 6) is -1.71. The fraction of sp³-hybridized carbons (Fsp3) is 0.357. The number of carbonyl (C=O) groups excluding carboxylic acids is 1. The van der Waals surface area contributed by atoms with Crippen molar-refractivity contribution in [2.24, 2.45) is 0 Å². The smallest absolute Gasteiger partial charge is 0.451 e. The molecule has 0 radical (unpaired) electrons. The highest BCUT2D eigenvalue weighted by molar-refractivity contribution is 8.00. The summed E-state index contributed by atoms with van der Waals surface area (Å²) in [7, 11) is 0. The van der Waals surface area contributed by atoms with E-state index in [1.54, 1.807) is 32.0 Å². The number of fused-ring (bicyclic) bond motifs is 1. The Morgan fingerprint density at radius 1 is 1.32 bits per heavy atom. The SMILES string of the molecule is CCOC(=O)[C@H](C)Sc1nc(C(F)(F)F)nc2ccccc12. The van der Waals surface area contributed by atoms with Gasteiger partial charge in [0.1, 0.15) is 10.3 Å². The number of alkyl halides is 3. The van der Waals surface area contributed by atoms with Crippen molar-refractivity contribution in [2.75, 3.05) is 6.61 Å². The van der Waals surface area contributed by atoms with Crippen molar-refractivity contribution in [1.29, 1.82) is 0 Å². The maximum atomic E-state index is 12.9. The third-order valence-corrected chi connectivity index (χ3v) is 3.81. The monoisotopic (exact) mass is 330 g/mol. The zero-order valence-corrected chi connectivity index (χ0v) is 12.7. The maximum absolute atomic E-state index is 12.9. The molecule has 2 aromatic rings. The Morgan fingerprint density at radius 2 is 2.00 bits per heavy atom. The first-order chi connectivity index (χ1) is 10.3. The second-order valence-corrected chi connectivity index (χ2v) is 5.71. The molecule has 0 unspecified atom stereocenters. The maximum Gasteiger partial charge on any atom is 0.451 e. The lowest BCUT2D eigenvalue weighted by Gasteiger charge is -2.13. The molecule has 0 aliphatic heterocycles. The quantitative estimate of drug-likeness (QED) is 0.486. The molecule has 1 aromatic heterocycles. The van der Waals surface area contributed by atoms with Gasteiger partial charge in [-0.3, -0.25) is 4.79 Å². The molecule has 0 aliphatic rings. The number of para-hydroxylation sites is 1. The Labute approximate surface area is 129 Å². The number of aromatic nitrogens is 2. The van der Waals surface area contributed by atoms with E-state index in [1.807, 2.05) is 0 Å². The van der Waals surface area contributed by atoms with Gasteiger partial charge in [0, 0.05) is 5.39 Å². The summed E-state index contributed by atoms with van der Waals surface area (Å²) in [5.41, 5.74) is 0.184. The van der Waals surface area contributed by atoms with Gasteiger partial charge in [0.05, 0.1) is 12.1 Å². The van der Waals surface area contributed by atoms with Gasteiger partial charge < -0.3 is 4.74 Å². The fourth-order valence-corrected chi connectivity index (χ4v) is 2.68. The number of benzene rings is 1. The molecular weight excluding hydrogens is 317 g/mol. The van der Waals surface area contributed by atoms with Crippen LogP contribution in [0.2, 0.25) is 0 Å². The Hall–Kier alpha value is -1.83. The highest BCUT2D eigenvalue weighted by Gasteiger charge is 2.36. The number of esters is 1. The first kappa shape index (κ1) is 16.5. The van der Waals surface area contributed by atoms with Gasteiger partial charge in [-0.2, -0.15) is 13.2 Å². The highest BCUT2D eigenvalue weighted by atomic mass is 32.2. The summed E-state index contributed by atoms with van der Waals surface area (Å²) in [6, 6.07) is 6.37. The number of rotatable bonds is 4. The van der Waals surface area contributed by atoms with E-state index in [-0.39, 0.29) is 17.1 Å². The van der Waals surface area contributed by atoms with Crippen LogP contribution in [-0.4, -0.2) is 27.8 Å². The van der Waals surface area contributed by atoms with Gasteiger partial charge >= 0.3 is 12.1 Å². The molecule has 1 atom stereocenters. The summed E-state index contributed by atoms with van der Waals surface area (Å²) < 4.78 is 43.5. The molecule has 0 N–H and O–H groups in total. The molecule has 118 valence electrons. The number of nitrogens with zero attached hydrogens (tertiary/aromatic N) is 2. The average molecular weight is 330 g/mol. The lowest BCUT2D eigenvalue weighted by Crippen LogP contribution is -2.18. The Morgan fingerprint density at radius 3 is 2.64 bits per heavy atom. The Bertz CT molecular complexity index is 691. The summed E-state index contributed by atoms with van der Waals surface area (Å²) in [6.45, 7) is 3.44. The second-order valence-electron chi connectivity index (χ2n) is 4.38. The number of halogens is 3. The van der Waals surface area contributed by atoms with Crippen LogP contribution in [0.15, 0.2) is 29.3 Å². The van der Waals surface area contributed by atoms with Crippen molar-refractivity contribution in [3.8, 4) is 0 Å². The molecule has 0 amide bonds. The summed E-state index contributed by atoms with van der Waals surface area (Å²) >= 11 is 0.926. The first-order valence-corrected chi connectivity index (χ1v) is 7.38. The molecule has 0 bridgehead atoms. The molecule has 22 heavy (non-hydrogen) atoms. The molecule has 0 spiro atoms. The van der Waals surface area contributed by atoms with Gasteiger partial charge in [0.25, 0.3) is 0 Å². The van der Waals surface area contributed by atoms with Crippen LogP contribution in [0.25, 0.3) is 10.9 Å². The zero-order chi connectivity index (χ0) is 16.3. The van der Waals surface area contributed by atoms with Gasteiger partial charge in [-0.1, -0.05) is 30.0 Å². The van der Waals surface area contributed by atoms with Gasteiger partial charge in [-0.05, 0) is 19.9 Å². The summed E-state index contributed by atoms with van der Waals surface area (Å²) in [5, 5.41) is -0.0885. The molecule has 4 nitrogen and oxygen atoms in total. The standard InChI is InChI=1S/C14H13F3N2O2S/c1-3-21-12(20)8(2)22-11-9-6-4-5-7-10(9)18-13(19-11)14(15,16)17/h4-8H,3H2,1-2H3/t8-/m0/s1. The zero-order valence-electron chi connectivity index (χ0n) is 11.8. The van der Waals surface area contributed by atoms with E-state index >= 15 is 0 Å². The minimum Gasteiger partial charge on any atom is -0.465 e. The third-order valence-electron chi connectivity index (χ3n) is 2.73. The van der Waals surface area contributed by atoms with Gasteiger partial charge in [0.15, 0.2) is 0 Å². The second kappa shape index (κ2) is 6.51. The fourth-order valence-electron chi connectivity index (χ4n) is 1.74. The van der Waals surface area contributed by atoms with Crippen molar-refractivity contribution >= 4 is 28.6 Å². The van der Waals surface area contributed by atoms with Crippen LogP contribution in [0.5, 0.6) is 0 Å². The first-order valence-electron chi connectivity index (χ1n) is 6.50. The van der Waals surface area contributed by atoms with Gasteiger partial charge in [-0.15, -0.1) is 0 Å². The molecule has 8 heteroatoms. The lowest BCUT2D eigenvalue weighted by molar-refractivity contribution is -0.145. The Balaban J connectivity index is 2.45. The Kier molecular flexibility index (Phi) is 4.90. The molecule has 1 heterocycles. The van der Waals surface area contributed by atoms with E-state index in [2.05, 4.69) is 9.97 Å². The predicted molar refractivity (Wildman–Crippen MR) is 76.5 cm³/mol. The van der Waals surface area contributed by atoms with Crippen LogP contribution in [0.4, 0.5) is 13.2 Å². The van der Waals surface area contributed by atoms with Gasteiger partial charge in [0.2, 0.25) is 5.82 Å². The largest absolute Gasteiger partial charge is 0.465 e. The third kappa shape index (κ3) is 3.68. The van der Waals surface area contributed by atoms with Crippen molar-refractivity contribution in [2.45, 2.75) is 30.3 Å². The minimum absolute atomic E-state index is 0.110. The number of hydrogen-bond acceptors (Lipinski definition) is 5. The summed E-state index contributed by atoms with van der Waals surface area (Å²) in [4.78, 5) is 18.8. The van der Waals surface area contributed by atoms with Crippen molar-refractivity contribution < 1.29 is 22.7 Å². The van der Waals surface area contributed by atoms with Crippen molar-refractivity contribution in [3.63, 3.8) is 0 Å². The van der Waals surface area contributed by atoms with Crippen LogP contribution in [0, 0.1) is 0 Å². The van der Waals surface area contributed by atoms with E-state index in [1.165, 1.54) is 6.07 Å². The predicted octanol–water partition coefficient (Wildman–Crippen LogP) is 3.69. The van der Waals surface area contributed by atoms with Crippen molar-refractivity contribution in [1.82, 2.24) is 9.97 Å².